The second kappa shape index (κ2) is 6.86. The molecular weight excluding hydrogens is 320 g/mol. The van der Waals surface area contributed by atoms with Crippen molar-refractivity contribution in [3.05, 3.63) is 61.4 Å². The number of ether oxygens (including phenoxy) is 1. The molecule has 0 N–H and O–H groups in total. The molecule has 0 bridgehead atoms. The number of aromatic nitrogens is 2. The van der Waals surface area contributed by atoms with Crippen LogP contribution in [0.1, 0.15) is 17.0 Å². The second-order valence-electron chi connectivity index (χ2n) is 4.98. The number of rotatable bonds is 6. The number of esters is 1. The first kappa shape index (κ1) is 17.1. The lowest BCUT2D eigenvalue weighted by Gasteiger charge is -2.06. The summed E-state index contributed by atoms with van der Waals surface area (Å²) < 4.78 is 6.19. The maximum absolute atomic E-state index is 11.9. The average molecular weight is 334 g/mol. The van der Waals surface area contributed by atoms with E-state index < -0.39 is 15.8 Å². The molecule has 0 atom stereocenters. The Morgan fingerprint density at radius 2 is 1.88 bits per heavy atom. The van der Waals surface area contributed by atoms with E-state index in [0.29, 0.717) is 0 Å². The van der Waals surface area contributed by atoms with Gasteiger partial charge in [-0.15, -0.1) is 0 Å². The first-order valence-corrected chi connectivity index (χ1v) is 6.87. The number of carbonyl (C=O) groups excluding carboxylic acids is 1. The van der Waals surface area contributed by atoms with Crippen molar-refractivity contribution in [3.63, 3.8) is 0 Å². The number of nitrogens with zero attached hydrogens (tertiary/aromatic N) is 4. The van der Waals surface area contributed by atoms with Crippen molar-refractivity contribution in [2.75, 3.05) is 0 Å². The first-order valence-electron chi connectivity index (χ1n) is 6.87. The molecule has 10 heteroatoms. The molecule has 1 aromatic heterocycles. The number of para-hydroxylation sites is 1. The number of hydrogen-bond acceptors (Lipinski definition) is 7. The van der Waals surface area contributed by atoms with Crippen molar-refractivity contribution in [2.24, 2.45) is 0 Å². The zero-order valence-electron chi connectivity index (χ0n) is 13.0. The first-order chi connectivity index (χ1) is 11.3. The van der Waals surface area contributed by atoms with Crippen LogP contribution in [0.5, 0.6) is 0 Å². The highest BCUT2D eigenvalue weighted by Gasteiger charge is 2.23. The molecule has 1 aromatic carbocycles. The van der Waals surface area contributed by atoms with Crippen LogP contribution in [0.15, 0.2) is 24.3 Å². The summed E-state index contributed by atoms with van der Waals surface area (Å²) in [6, 6.07) is 5.91. The van der Waals surface area contributed by atoms with Gasteiger partial charge in [-0.1, -0.05) is 12.1 Å². The zero-order chi connectivity index (χ0) is 17.9. The maximum Gasteiger partial charge on any atom is 0.328 e. The van der Waals surface area contributed by atoms with Gasteiger partial charge in [0, 0.05) is 6.07 Å². The van der Waals surface area contributed by atoms with Crippen LogP contribution in [-0.2, 0) is 22.7 Å². The Balaban J connectivity index is 2.06. The van der Waals surface area contributed by atoms with Crippen molar-refractivity contribution >= 4 is 17.3 Å². The third-order valence-corrected chi connectivity index (χ3v) is 3.38. The van der Waals surface area contributed by atoms with E-state index in [-0.39, 0.29) is 41.5 Å². The molecule has 0 aliphatic heterocycles. The van der Waals surface area contributed by atoms with E-state index in [1.807, 2.05) is 0 Å². The maximum atomic E-state index is 11.9. The van der Waals surface area contributed by atoms with Gasteiger partial charge in [0.1, 0.15) is 24.5 Å². The molecular formula is C14H14N4O6. The summed E-state index contributed by atoms with van der Waals surface area (Å²) in [5.74, 6) is -0.700. The normalized spacial score (nSPS) is 10.4. The number of nitro benzene ring substituents is 1. The second-order valence-corrected chi connectivity index (χ2v) is 4.98. The molecule has 0 saturated carbocycles. The highest BCUT2D eigenvalue weighted by atomic mass is 16.6. The summed E-state index contributed by atoms with van der Waals surface area (Å²) in [6.45, 7) is 2.37. The van der Waals surface area contributed by atoms with Gasteiger partial charge in [0.25, 0.3) is 5.69 Å². The summed E-state index contributed by atoms with van der Waals surface area (Å²) in [4.78, 5) is 32.6. The van der Waals surface area contributed by atoms with Crippen LogP contribution < -0.4 is 0 Å². The van der Waals surface area contributed by atoms with E-state index in [1.54, 1.807) is 6.07 Å². The van der Waals surface area contributed by atoms with Crippen molar-refractivity contribution < 1.29 is 19.4 Å². The molecule has 0 radical (unpaired) electrons. The summed E-state index contributed by atoms with van der Waals surface area (Å²) in [7, 11) is 0. The largest absolute Gasteiger partial charge is 0.459 e. The minimum Gasteiger partial charge on any atom is -0.459 e. The van der Waals surface area contributed by atoms with Crippen molar-refractivity contribution in [1.29, 1.82) is 0 Å². The lowest BCUT2D eigenvalue weighted by atomic mass is 10.2. The van der Waals surface area contributed by atoms with Crippen molar-refractivity contribution in [2.45, 2.75) is 27.0 Å². The van der Waals surface area contributed by atoms with Crippen LogP contribution in [-0.4, -0.2) is 25.6 Å². The van der Waals surface area contributed by atoms with Crippen LogP contribution in [0.25, 0.3) is 0 Å². The van der Waals surface area contributed by atoms with E-state index in [0.717, 1.165) is 0 Å². The number of nitro groups is 2. The van der Waals surface area contributed by atoms with Gasteiger partial charge in [-0.3, -0.25) is 29.7 Å². The van der Waals surface area contributed by atoms with E-state index >= 15 is 0 Å². The molecule has 0 spiro atoms. The van der Waals surface area contributed by atoms with Gasteiger partial charge in [0.05, 0.1) is 15.4 Å². The third-order valence-electron chi connectivity index (χ3n) is 3.38. The van der Waals surface area contributed by atoms with E-state index in [1.165, 1.54) is 36.7 Å². The molecule has 2 rings (SSSR count). The molecule has 1 heterocycles. The number of benzene rings is 1. The fraction of sp³-hybridized carbons (Fsp3) is 0.286. The lowest BCUT2D eigenvalue weighted by molar-refractivity contribution is -0.386. The highest BCUT2D eigenvalue weighted by molar-refractivity contribution is 5.69. The van der Waals surface area contributed by atoms with Gasteiger partial charge < -0.3 is 4.74 Å². The number of carbonyl (C=O) groups is 1. The lowest BCUT2D eigenvalue weighted by Crippen LogP contribution is -2.16. The molecule has 0 unspecified atom stereocenters. The zero-order valence-corrected chi connectivity index (χ0v) is 13.0. The fourth-order valence-electron chi connectivity index (χ4n) is 2.24. The van der Waals surface area contributed by atoms with Crippen LogP contribution in [0.2, 0.25) is 0 Å². The standard InChI is InChI=1S/C14H14N4O6/c1-9-14(18(22)23)10(2)16(15-9)7-13(19)24-8-11-5-3-4-6-12(11)17(20)21/h3-6H,7-8H2,1-2H3. The summed E-state index contributed by atoms with van der Waals surface area (Å²) in [5, 5.41) is 25.8. The monoisotopic (exact) mass is 334 g/mol. The van der Waals surface area contributed by atoms with Crippen LogP contribution in [0, 0.1) is 34.1 Å². The number of hydrogen-bond donors (Lipinski definition) is 0. The molecule has 126 valence electrons. The molecule has 10 nitrogen and oxygen atoms in total. The van der Waals surface area contributed by atoms with Crippen LogP contribution >= 0.6 is 0 Å². The predicted molar refractivity (Wildman–Crippen MR) is 81.2 cm³/mol. The fourth-order valence-corrected chi connectivity index (χ4v) is 2.24. The van der Waals surface area contributed by atoms with Crippen molar-refractivity contribution in [3.8, 4) is 0 Å². The minimum atomic E-state index is -0.700. The molecule has 0 aliphatic carbocycles. The Morgan fingerprint density at radius 3 is 2.46 bits per heavy atom. The Hall–Kier alpha value is -3.30. The van der Waals surface area contributed by atoms with E-state index in [4.69, 9.17) is 4.74 Å². The minimum absolute atomic E-state index is 0.146. The summed E-state index contributed by atoms with van der Waals surface area (Å²) >= 11 is 0. The third kappa shape index (κ3) is 3.54. The average Bonchev–Trinajstić information content (AvgIpc) is 2.79. The molecule has 0 saturated heterocycles. The summed E-state index contributed by atoms with van der Waals surface area (Å²) in [5.41, 5.74) is 0.396. The van der Waals surface area contributed by atoms with Gasteiger partial charge in [-0.2, -0.15) is 5.10 Å². The van der Waals surface area contributed by atoms with Gasteiger partial charge >= 0.3 is 11.7 Å². The predicted octanol–water partition coefficient (Wildman–Crippen LogP) is 2.06. The molecule has 0 aliphatic rings. The smallest absolute Gasteiger partial charge is 0.328 e. The Labute approximate surface area is 136 Å². The Kier molecular flexibility index (Phi) is 4.87. The molecule has 0 amide bonds. The number of aryl methyl sites for hydroxylation is 1. The van der Waals surface area contributed by atoms with Crippen LogP contribution in [0.4, 0.5) is 11.4 Å². The van der Waals surface area contributed by atoms with E-state index in [9.17, 15) is 25.0 Å². The topological polar surface area (TPSA) is 130 Å². The quantitative estimate of drug-likeness (QED) is 0.449. The molecule has 0 fully saturated rings. The Bertz CT molecular complexity index is 814. The van der Waals surface area contributed by atoms with Gasteiger partial charge in [-0.25, -0.2) is 0 Å². The Morgan fingerprint density at radius 1 is 1.21 bits per heavy atom. The van der Waals surface area contributed by atoms with Crippen LogP contribution in [0.3, 0.4) is 0 Å². The molecule has 24 heavy (non-hydrogen) atoms. The van der Waals surface area contributed by atoms with Gasteiger partial charge in [-0.05, 0) is 19.9 Å². The van der Waals surface area contributed by atoms with E-state index in [2.05, 4.69) is 5.10 Å². The van der Waals surface area contributed by atoms with Gasteiger partial charge in [0.15, 0.2) is 0 Å². The SMILES string of the molecule is Cc1nn(CC(=O)OCc2ccccc2[N+](=O)[O-])c(C)c1[N+](=O)[O-]. The summed E-state index contributed by atoms with van der Waals surface area (Å²) in [6.07, 6.45) is 0. The van der Waals surface area contributed by atoms with Crippen molar-refractivity contribution in [1.82, 2.24) is 9.78 Å². The highest BCUT2D eigenvalue weighted by Crippen LogP contribution is 2.22. The van der Waals surface area contributed by atoms with Gasteiger partial charge in [0.2, 0.25) is 0 Å². The molecule has 2 aromatic rings.